The SMILES string of the molecule is CSc1ccc([C@]2(C)CCN([C@@H](C)c3ccccc3)C(=O)O2)cc1. The number of amides is 1. The van der Waals surface area contributed by atoms with Crippen LogP contribution in [0, 0.1) is 0 Å². The fourth-order valence-corrected chi connectivity index (χ4v) is 3.55. The molecule has 24 heavy (non-hydrogen) atoms. The normalized spacial score (nSPS) is 22.1. The van der Waals surface area contributed by atoms with Gasteiger partial charge in [-0.25, -0.2) is 4.79 Å². The lowest BCUT2D eigenvalue weighted by molar-refractivity contribution is -0.0491. The standard InChI is InChI=1S/C20H23NO2S/c1-15(16-7-5-4-6-8-16)21-14-13-20(2,23-19(21)22)17-9-11-18(24-3)12-10-17/h4-12,15H,13-14H2,1-3H3/t15-,20-/m0/s1. The van der Waals surface area contributed by atoms with E-state index in [4.69, 9.17) is 4.74 Å². The maximum Gasteiger partial charge on any atom is 0.411 e. The number of benzene rings is 2. The number of thioether (sulfide) groups is 1. The van der Waals surface area contributed by atoms with E-state index in [1.807, 2.05) is 49.1 Å². The van der Waals surface area contributed by atoms with Crippen molar-refractivity contribution in [2.45, 2.75) is 36.8 Å². The molecule has 0 aliphatic carbocycles. The van der Waals surface area contributed by atoms with Crippen LogP contribution in [0.3, 0.4) is 0 Å². The first-order valence-electron chi connectivity index (χ1n) is 8.22. The molecular formula is C20H23NO2S. The third-order valence-electron chi connectivity index (χ3n) is 4.83. The van der Waals surface area contributed by atoms with Crippen LogP contribution in [0.15, 0.2) is 59.5 Å². The van der Waals surface area contributed by atoms with Gasteiger partial charge in [0, 0.05) is 17.9 Å². The van der Waals surface area contributed by atoms with Gasteiger partial charge in [0.05, 0.1) is 6.04 Å². The van der Waals surface area contributed by atoms with E-state index in [1.165, 1.54) is 4.90 Å². The Labute approximate surface area is 148 Å². The molecule has 0 aromatic heterocycles. The quantitative estimate of drug-likeness (QED) is 0.713. The Kier molecular flexibility index (Phi) is 4.86. The third kappa shape index (κ3) is 3.29. The molecule has 2 aromatic rings. The molecule has 0 spiro atoms. The number of hydrogen-bond donors (Lipinski definition) is 0. The molecule has 1 amide bonds. The summed E-state index contributed by atoms with van der Waals surface area (Å²) in [6.07, 6.45) is 2.60. The second-order valence-electron chi connectivity index (χ2n) is 6.36. The van der Waals surface area contributed by atoms with Gasteiger partial charge in [0.15, 0.2) is 0 Å². The summed E-state index contributed by atoms with van der Waals surface area (Å²) in [5.41, 5.74) is 1.63. The van der Waals surface area contributed by atoms with Gasteiger partial charge in [0.2, 0.25) is 0 Å². The van der Waals surface area contributed by atoms with E-state index in [1.54, 1.807) is 11.8 Å². The topological polar surface area (TPSA) is 29.5 Å². The second kappa shape index (κ2) is 6.89. The predicted octanol–water partition coefficient (Wildman–Crippen LogP) is 5.23. The lowest BCUT2D eigenvalue weighted by Gasteiger charge is -2.41. The van der Waals surface area contributed by atoms with Crippen molar-refractivity contribution in [2.24, 2.45) is 0 Å². The van der Waals surface area contributed by atoms with Gasteiger partial charge in [-0.2, -0.15) is 0 Å². The number of cyclic esters (lactones) is 1. The highest BCUT2D eigenvalue weighted by Gasteiger charge is 2.39. The highest BCUT2D eigenvalue weighted by Crippen LogP contribution is 2.37. The second-order valence-corrected chi connectivity index (χ2v) is 7.24. The Morgan fingerprint density at radius 2 is 1.79 bits per heavy atom. The molecule has 2 aromatic carbocycles. The van der Waals surface area contributed by atoms with E-state index < -0.39 is 5.60 Å². The Hall–Kier alpha value is -1.94. The molecule has 0 saturated carbocycles. The van der Waals surface area contributed by atoms with Crippen molar-refractivity contribution in [3.63, 3.8) is 0 Å². The van der Waals surface area contributed by atoms with E-state index in [0.29, 0.717) is 6.54 Å². The minimum Gasteiger partial charge on any atom is -0.438 e. The van der Waals surface area contributed by atoms with E-state index in [9.17, 15) is 4.79 Å². The first-order chi connectivity index (χ1) is 11.5. The molecule has 2 atom stereocenters. The maximum absolute atomic E-state index is 12.6. The molecule has 3 nitrogen and oxygen atoms in total. The van der Waals surface area contributed by atoms with Gasteiger partial charge in [-0.1, -0.05) is 42.5 Å². The van der Waals surface area contributed by atoms with Gasteiger partial charge >= 0.3 is 6.09 Å². The van der Waals surface area contributed by atoms with E-state index >= 15 is 0 Å². The Morgan fingerprint density at radius 1 is 1.12 bits per heavy atom. The summed E-state index contributed by atoms with van der Waals surface area (Å²) >= 11 is 1.71. The van der Waals surface area contributed by atoms with Gasteiger partial charge in [0.25, 0.3) is 0 Å². The maximum atomic E-state index is 12.6. The molecule has 1 aliphatic heterocycles. The number of hydrogen-bond acceptors (Lipinski definition) is 3. The minimum absolute atomic E-state index is 0.0158. The fourth-order valence-electron chi connectivity index (χ4n) is 3.14. The van der Waals surface area contributed by atoms with E-state index in [2.05, 4.69) is 30.5 Å². The van der Waals surface area contributed by atoms with Crippen LogP contribution in [0.4, 0.5) is 4.79 Å². The summed E-state index contributed by atoms with van der Waals surface area (Å²) in [7, 11) is 0. The minimum atomic E-state index is -0.555. The summed E-state index contributed by atoms with van der Waals surface area (Å²) in [5.74, 6) is 0. The van der Waals surface area contributed by atoms with Gasteiger partial charge in [-0.3, -0.25) is 0 Å². The lowest BCUT2D eigenvalue weighted by atomic mass is 9.90. The van der Waals surface area contributed by atoms with Gasteiger partial charge < -0.3 is 9.64 Å². The fraction of sp³-hybridized carbons (Fsp3) is 0.350. The molecule has 0 radical (unpaired) electrons. The summed E-state index contributed by atoms with van der Waals surface area (Å²) < 4.78 is 5.87. The van der Waals surface area contributed by atoms with E-state index in [-0.39, 0.29) is 12.1 Å². The average molecular weight is 341 g/mol. The largest absolute Gasteiger partial charge is 0.438 e. The third-order valence-corrected chi connectivity index (χ3v) is 5.57. The first-order valence-corrected chi connectivity index (χ1v) is 9.45. The van der Waals surface area contributed by atoms with Gasteiger partial charge in [0.1, 0.15) is 5.60 Å². The van der Waals surface area contributed by atoms with Crippen LogP contribution in [-0.4, -0.2) is 23.8 Å². The zero-order chi connectivity index (χ0) is 17.2. The van der Waals surface area contributed by atoms with Crippen LogP contribution < -0.4 is 0 Å². The van der Waals surface area contributed by atoms with Crippen LogP contribution >= 0.6 is 11.8 Å². The summed E-state index contributed by atoms with van der Waals surface area (Å²) in [4.78, 5) is 15.6. The average Bonchev–Trinajstić information content (AvgIpc) is 2.62. The molecule has 126 valence electrons. The number of carbonyl (C=O) groups excluding carboxylic acids is 1. The van der Waals surface area contributed by atoms with Crippen LogP contribution in [-0.2, 0) is 10.3 Å². The number of ether oxygens (including phenoxy) is 1. The van der Waals surface area contributed by atoms with Crippen LogP contribution in [0.25, 0.3) is 0 Å². The molecule has 1 saturated heterocycles. The molecule has 3 rings (SSSR count). The van der Waals surface area contributed by atoms with Crippen molar-refractivity contribution in [1.82, 2.24) is 4.90 Å². The zero-order valence-electron chi connectivity index (χ0n) is 14.4. The highest BCUT2D eigenvalue weighted by atomic mass is 32.2. The van der Waals surface area contributed by atoms with Crippen LogP contribution in [0.5, 0.6) is 0 Å². The van der Waals surface area contributed by atoms with Crippen molar-refractivity contribution in [1.29, 1.82) is 0 Å². The smallest absolute Gasteiger partial charge is 0.411 e. The lowest BCUT2D eigenvalue weighted by Crippen LogP contribution is -2.47. The monoisotopic (exact) mass is 341 g/mol. The van der Waals surface area contributed by atoms with Crippen molar-refractivity contribution in [3.8, 4) is 0 Å². The van der Waals surface area contributed by atoms with Gasteiger partial charge in [-0.05, 0) is 43.4 Å². The van der Waals surface area contributed by atoms with Crippen molar-refractivity contribution < 1.29 is 9.53 Å². The molecule has 4 heteroatoms. The predicted molar refractivity (Wildman–Crippen MR) is 98.2 cm³/mol. The summed E-state index contributed by atoms with van der Waals surface area (Å²) in [6, 6.07) is 18.4. The molecule has 1 fully saturated rings. The summed E-state index contributed by atoms with van der Waals surface area (Å²) in [5, 5.41) is 0. The molecule has 0 bridgehead atoms. The van der Waals surface area contributed by atoms with Crippen LogP contribution in [0.2, 0.25) is 0 Å². The molecule has 0 unspecified atom stereocenters. The number of nitrogens with zero attached hydrogens (tertiary/aromatic N) is 1. The molecular weight excluding hydrogens is 318 g/mol. The Bertz CT molecular complexity index is 701. The Morgan fingerprint density at radius 3 is 2.38 bits per heavy atom. The van der Waals surface area contributed by atoms with Crippen molar-refractivity contribution >= 4 is 17.9 Å². The van der Waals surface area contributed by atoms with Crippen molar-refractivity contribution in [2.75, 3.05) is 12.8 Å². The van der Waals surface area contributed by atoms with E-state index in [0.717, 1.165) is 17.5 Å². The number of rotatable bonds is 4. The highest BCUT2D eigenvalue weighted by molar-refractivity contribution is 7.98. The molecule has 0 N–H and O–H groups in total. The zero-order valence-corrected chi connectivity index (χ0v) is 15.2. The number of carbonyl (C=O) groups is 1. The Balaban J connectivity index is 1.75. The summed E-state index contributed by atoms with van der Waals surface area (Å²) in [6.45, 7) is 4.74. The molecule has 1 heterocycles. The van der Waals surface area contributed by atoms with Gasteiger partial charge in [-0.15, -0.1) is 11.8 Å². The first kappa shape index (κ1) is 16.9. The molecule has 1 aliphatic rings. The van der Waals surface area contributed by atoms with Crippen molar-refractivity contribution in [3.05, 3.63) is 65.7 Å². The van der Waals surface area contributed by atoms with Crippen LogP contribution in [0.1, 0.15) is 37.4 Å².